The highest BCUT2D eigenvalue weighted by Gasteiger charge is 2.28. The fourth-order valence-corrected chi connectivity index (χ4v) is 4.65. The average Bonchev–Trinajstić information content (AvgIpc) is 2.85. The number of likely N-dealkylation sites (tertiary alicyclic amines) is 1. The van der Waals surface area contributed by atoms with E-state index in [1.165, 1.54) is 30.7 Å². The minimum Gasteiger partial charge on any atom is -0.349 e. The maximum Gasteiger partial charge on any atom is 0.253 e. The molecule has 0 spiro atoms. The first-order valence-electron chi connectivity index (χ1n) is 11.8. The number of halogens is 1. The lowest BCUT2D eigenvalue weighted by atomic mass is 9.94. The quantitative estimate of drug-likeness (QED) is 0.708. The van der Waals surface area contributed by atoms with Crippen LogP contribution in [0.4, 0.5) is 10.1 Å². The van der Waals surface area contributed by atoms with Crippen molar-refractivity contribution in [2.24, 2.45) is 5.92 Å². The summed E-state index contributed by atoms with van der Waals surface area (Å²) in [5.41, 5.74) is 1.43. The van der Waals surface area contributed by atoms with E-state index in [9.17, 15) is 18.8 Å². The van der Waals surface area contributed by atoms with Crippen molar-refractivity contribution in [2.75, 3.05) is 18.4 Å². The first-order chi connectivity index (χ1) is 16.0. The minimum absolute atomic E-state index is 0.137. The predicted molar refractivity (Wildman–Crippen MR) is 124 cm³/mol. The van der Waals surface area contributed by atoms with Crippen LogP contribution in [-0.4, -0.2) is 41.8 Å². The molecule has 2 aromatic rings. The van der Waals surface area contributed by atoms with E-state index in [1.54, 1.807) is 29.2 Å². The van der Waals surface area contributed by atoms with Crippen LogP contribution < -0.4 is 10.6 Å². The van der Waals surface area contributed by atoms with Crippen LogP contribution in [0.1, 0.15) is 65.7 Å². The number of para-hydroxylation sites is 1. The largest absolute Gasteiger partial charge is 0.349 e. The van der Waals surface area contributed by atoms with Crippen LogP contribution in [0.5, 0.6) is 0 Å². The Morgan fingerprint density at radius 2 is 1.52 bits per heavy atom. The van der Waals surface area contributed by atoms with E-state index in [4.69, 9.17) is 0 Å². The molecule has 3 amide bonds. The zero-order valence-electron chi connectivity index (χ0n) is 18.7. The number of nitrogens with one attached hydrogen (secondary N) is 2. The third kappa shape index (κ3) is 5.78. The number of amides is 3. The van der Waals surface area contributed by atoms with Crippen molar-refractivity contribution in [2.45, 2.75) is 51.0 Å². The van der Waals surface area contributed by atoms with Crippen LogP contribution >= 0.6 is 0 Å². The zero-order valence-corrected chi connectivity index (χ0v) is 18.7. The molecule has 33 heavy (non-hydrogen) atoms. The maximum atomic E-state index is 13.1. The highest BCUT2D eigenvalue weighted by Crippen LogP contribution is 2.24. The van der Waals surface area contributed by atoms with E-state index in [0.717, 1.165) is 25.7 Å². The summed E-state index contributed by atoms with van der Waals surface area (Å²) in [5, 5.41) is 6.04. The van der Waals surface area contributed by atoms with Crippen LogP contribution in [0.2, 0.25) is 0 Å². The van der Waals surface area contributed by atoms with Crippen molar-refractivity contribution >= 4 is 23.4 Å². The van der Waals surface area contributed by atoms with Gasteiger partial charge < -0.3 is 15.5 Å². The van der Waals surface area contributed by atoms with Crippen molar-refractivity contribution in [3.05, 3.63) is 65.5 Å². The number of rotatable bonds is 5. The fraction of sp³-hybridized carbons (Fsp3) is 0.423. The number of piperidine rings is 1. The third-order valence-electron chi connectivity index (χ3n) is 6.61. The first kappa shape index (κ1) is 23.0. The van der Waals surface area contributed by atoms with Gasteiger partial charge in [0.05, 0.1) is 11.3 Å². The normalized spacial score (nSPS) is 17.4. The Morgan fingerprint density at radius 3 is 2.21 bits per heavy atom. The van der Waals surface area contributed by atoms with E-state index in [0.29, 0.717) is 42.7 Å². The van der Waals surface area contributed by atoms with Crippen molar-refractivity contribution in [3.63, 3.8) is 0 Å². The maximum absolute atomic E-state index is 13.1. The van der Waals surface area contributed by atoms with Crippen LogP contribution in [0.25, 0.3) is 0 Å². The molecule has 1 heterocycles. The van der Waals surface area contributed by atoms with Gasteiger partial charge in [-0.1, -0.05) is 31.4 Å². The molecule has 4 rings (SSSR count). The Bertz CT molecular complexity index is 994. The molecule has 2 aliphatic rings. The highest BCUT2D eigenvalue weighted by atomic mass is 19.1. The number of carbonyl (C=O) groups excluding carboxylic acids is 3. The topological polar surface area (TPSA) is 78.5 Å². The molecule has 1 saturated carbocycles. The van der Waals surface area contributed by atoms with Gasteiger partial charge in [-0.25, -0.2) is 4.39 Å². The Hall–Kier alpha value is -3.22. The fourth-order valence-electron chi connectivity index (χ4n) is 4.65. The molecule has 7 heteroatoms. The molecule has 0 aromatic heterocycles. The molecule has 2 N–H and O–H groups in total. The molecule has 0 atom stereocenters. The van der Waals surface area contributed by atoms with Gasteiger partial charge in [-0.05, 0) is 62.1 Å². The van der Waals surface area contributed by atoms with Gasteiger partial charge in [-0.2, -0.15) is 0 Å². The van der Waals surface area contributed by atoms with Crippen LogP contribution in [0.3, 0.4) is 0 Å². The van der Waals surface area contributed by atoms with Crippen molar-refractivity contribution in [1.82, 2.24) is 10.2 Å². The smallest absolute Gasteiger partial charge is 0.253 e. The molecule has 6 nitrogen and oxygen atoms in total. The summed E-state index contributed by atoms with van der Waals surface area (Å²) >= 11 is 0. The number of carbonyl (C=O) groups is 3. The molecule has 0 unspecified atom stereocenters. The second kappa shape index (κ2) is 10.6. The third-order valence-corrected chi connectivity index (χ3v) is 6.61. The van der Waals surface area contributed by atoms with Gasteiger partial charge in [-0.3, -0.25) is 14.4 Å². The van der Waals surface area contributed by atoms with E-state index in [1.807, 2.05) is 0 Å². The SMILES string of the molecule is O=C(NC1CCCCC1)c1ccccc1NC(=O)C1CCN(C(=O)c2ccc(F)cc2)CC1. The van der Waals surface area contributed by atoms with Gasteiger partial charge in [0.25, 0.3) is 11.8 Å². The molecule has 2 aromatic carbocycles. The van der Waals surface area contributed by atoms with E-state index >= 15 is 0 Å². The van der Waals surface area contributed by atoms with E-state index in [2.05, 4.69) is 10.6 Å². The molecule has 0 radical (unpaired) electrons. The molecular weight excluding hydrogens is 421 g/mol. The summed E-state index contributed by atoms with van der Waals surface area (Å²) in [6.45, 7) is 0.913. The summed E-state index contributed by atoms with van der Waals surface area (Å²) < 4.78 is 13.1. The molecule has 2 fully saturated rings. The summed E-state index contributed by atoms with van der Waals surface area (Å²) in [6, 6.07) is 12.8. The number of nitrogens with zero attached hydrogens (tertiary/aromatic N) is 1. The van der Waals surface area contributed by atoms with Crippen LogP contribution in [0, 0.1) is 11.7 Å². The molecular formula is C26H30FN3O3. The van der Waals surface area contributed by atoms with Crippen LogP contribution in [-0.2, 0) is 4.79 Å². The summed E-state index contributed by atoms with van der Waals surface area (Å²) in [4.78, 5) is 40.1. The monoisotopic (exact) mass is 451 g/mol. The average molecular weight is 452 g/mol. The van der Waals surface area contributed by atoms with Gasteiger partial charge in [-0.15, -0.1) is 0 Å². The second-order valence-corrected chi connectivity index (χ2v) is 8.92. The molecule has 174 valence electrons. The Morgan fingerprint density at radius 1 is 0.848 bits per heavy atom. The van der Waals surface area contributed by atoms with Gasteiger partial charge in [0.1, 0.15) is 5.82 Å². The van der Waals surface area contributed by atoms with Crippen molar-refractivity contribution in [1.29, 1.82) is 0 Å². The Balaban J connectivity index is 1.33. The van der Waals surface area contributed by atoms with Gasteiger partial charge in [0.2, 0.25) is 5.91 Å². The zero-order chi connectivity index (χ0) is 23.2. The predicted octanol–water partition coefficient (Wildman–Crippen LogP) is 4.38. The lowest BCUT2D eigenvalue weighted by Crippen LogP contribution is -2.41. The van der Waals surface area contributed by atoms with Crippen molar-refractivity contribution in [3.8, 4) is 0 Å². The number of anilines is 1. The molecule has 1 aliphatic carbocycles. The van der Waals surface area contributed by atoms with Gasteiger partial charge in [0.15, 0.2) is 0 Å². The highest BCUT2D eigenvalue weighted by molar-refractivity contribution is 6.04. The Kier molecular flexibility index (Phi) is 7.37. The van der Waals surface area contributed by atoms with Gasteiger partial charge in [0, 0.05) is 30.6 Å². The summed E-state index contributed by atoms with van der Waals surface area (Å²) in [7, 11) is 0. The first-order valence-corrected chi connectivity index (χ1v) is 11.8. The lowest BCUT2D eigenvalue weighted by Gasteiger charge is -2.31. The Labute approximate surface area is 193 Å². The lowest BCUT2D eigenvalue weighted by molar-refractivity contribution is -0.121. The van der Waals surface area contributed by atoms with E-state index < -0.39 is 0 Å². The summed E-state index contributed by atoms with van der Waals surface area (Å²) in [5.74, 6) is -1.07. The van der Waals surface area contributed by atoms with Crippen molar-refractivity contribution < 1.29 is 18.8 Å². The standard InChI is InChI=1S/C26H30FN3O3/c27-20-12-10-19(11-13-20)26(33)30-16-14-18(15-17-30)24(31)29-23-9-5-4-8-22(23)25(32)28-21-6-2-1-3-7-21/h4-5,8-13,18,21H,1-3,6-7,14-17H2,(H,28,32)(H,29,31). The summed E-state index contributed by atoms with van der Waals surface area (Å²) in [6.07, 6.45) is 6.54. The minimum atomic E-state index is -0.380. The number of benzene rings is 2. The number of hydrogen-bond acceptors (Lipinski definition) is 3. The molecule has 1 aliphatic heterocycles. The molecule has 1 saturated heterocycles. The van der Waals surface area contributed by atoms with Gasteiger partial charge >= 0.3 is 0 Å². The molecule has 0 bridgehead atoms. The van der Waals surface area contributed by atoms with Crippen LogP contribution in [0.15, 0.2) is 48.5 Å². The number of hydrogen-bond donors (Lipinski definition) is 2. The van der Waals surface area contributed by atoms with E-state index in [-0.39, 0.29) is 35.5 Å². The second-order valence-electron chi connectivity index (χ2n) is 8.92.